The lowest BCUT2D eigenvalue weighted by Gasteiger charge is -2.21. The largest absolute Gasteiger partial charge is 0.356 e. The standard InChI is InChI=1S/C16H27N3/c1-4-14-7-9-19(12-14)16-15(6-5-8-18-16)11-17-10-13(2)3/h5-6,8,13-14,17H,4,7,9-12H2,1-3H3. The lowest BCUT2D eigenvalue weighted by Crippen LogP contribution is -2.25. The maximum atomic E-state index is 4.61. The average Bonchev–Trinajstić information content (AvgIpc) is 2.87. The van der Waals surface area contributed by atoms with Crippen LogP contribution in [0.5, 0.6) is 0 Å². The lowest BCUT2D eigenvalue weighted by atomic mass is 10.1. The minimum Gasteiger partial charge on any atom is -0.356 e. The number of hydrogen-bond donors (Lipinski definition) is 1. The van der Waals surface area contributed by atoms with Crippen molar-refractivity contribution in [3.8, 4) is 0 Å². The van der Waals surface area contributed by atoms with Crippen molar-refractivity contribution < 1.29 is 0 Å². The fourth-order valence-corrected chi connectivity index (χ4v) is 2.71. The molecule has 0 spiro atoms. The summed E-state index contributed by atoms with van der Waals surface area (Å²) in [5, 5.41) is 3.52. The molecule has 3 heteroatoms. The van der Waals surface area contributed by atoms with Crippen LogP contribution in [0, 0.1) is 11.8 Å². The molecule has 0 radical (unpaired) electrons. The summed E-state index contributed by atoms with van der Waals surface area (Å²) >= 11 is 0. The number of anilines is 1. The molecule has 0 saturated carbocycles. The molecule has 2 rings (SSSR count). The van der Waals surface area contributed by atoms with Gasteiger partial charge in [-0.1, -0.05) is 33.3 Å². The molecule has 1 aliphatic heterocycles. The van der Waals surface area contributed by atoms with E-state index in [4.69, 9.17) is 0 Å². The summed E-state index contributed by atoms with van der Waals surface area (Å²) in [6.45, 7) is 11.1. The van der Waals surface area contributed by atoms with Gasteiger partial charge in [-0.15, -0.1) is 0 Å². The first-order valence-corrected chi connectivity index (χ1v) is 7.60. The van der Waals surface area contributed by atoms with E-state index in [0.717, 1.165) is 25.6 Å². The molecule has 3 nitrogen and oxygen atoms in total. The number of pyridine rings is 1. The van der Waals surface area contributed by atoms with Crippen LogP contribution < -0.4 is 10.2 Å². The third-order valence-electron chi connectivity index (χ3n) is 3.90. The Morgan fingerprint density at radius 3 is 3.00 bits per heavy atom. The van der Waals surface area contributed by atoms with E-state index in [-0.39, 0.29) is 0 Å². The molecule has 1 N–H and O–H groups in total. The van der Waals surface area contributed by atoms with Gasteiger partial charge in [0, 0.05) is 31.4 Å². The number of nitrogens with zero attached hydrogens (tertiary/aromatic N) is 2. The molecule has 1 aliphatic rings. The summed E-state index contributed by atoms with van der Waals surface area (Å²) in [6, 6.07) is 4.25. The van der Waals surface area contributed by atoms with E-state index < -0.39 is 0 Å². The topological polar surface area (TPSA) is 28.2 Å². The zero-order chi connectivity index (χ0) is 13.7. The summed E-state index contributed by atoms with van der Waals surface area (Å²) in [6.07, 6.45) is 4.51. The van der Waals surface area contributed by atoms with Gasteiger partial charge < -0.3 is 10.2 Å². The average molecular weight is 261 g/mol. The molecule has 0 bridgehead atoms. The normalized spacial score (nSPS) is 19.4. The van der Waals surface area contributed by atoms with Crippen molar-refractivity contribution in [3.63, 3.8) is 0 Å². The van der Waals surface area contributed by atoms with Crippen LogP contribution in [0.1, 0.15) is 39.2 Å². The Labute approximate surface area is 117 Å². The van der Waals surface area contributed by atoms with Gasteiger partial charge in [-0.3, -0.25) is 0 Å². The van der Waals surface area contributed by atoms with Crippen LogP contribution in [0.15, 0.2) is 18.3 Å². The van der Waals surface area contributed by atoms with E-state index in [2.05, 4.69) is 42.0 Å². The molecule has 0 aromatic carbocycles. The molecule has 0 aliphatic carbocycles. The highest BCUT2D eigenvalue weighted by atomic mass is 15.2. The number of nitrogens with one attached hydrogen (secondary N) is 1. The summed E-state index contributed by atoms with van der Waals surface area (Å²) in [7, 11) is 0. The van der Waals surface area contributed by atoms with Gasteiger partial charge in [-0.25, -0.2) is 4.98 Å². The molecule has 1 atom stereocenters. The molecule has 0 amide bonds. The van der Waals surface area contributed by atoms with E-state index in [1.165, 1.54) is 30.8 Å². The molecule has 1 unspecified atom stereocenters. The first-order chi connectivity index (χ1) is 9.20. The van der Waals surface area contributed by atoms with Crippen LogP contribution in [0.25, 0.3) is 0 Å². The zero-order valence-corrected chi connectivity index (χ0v) is 12.5. The smallest absolute Gasteiger partial charge is 0.133 e. The van der Waals surface area contributed by atoms with Crippen LogP contribution in [0.4, 0.5) is 5.82 Å². The third kappa shape index (κ3) is 3.93. The first-order valence-electron chi connectivity index (χ1n) is 7.60. The van der Waals surface area contributed by atoms with Gasteiger partial charge in [0.2, 0.25) is 0 Å². The van der Waals surface area contributed by atoms with Crippen molar-refractivity contribution in [1.82, 2.24) is 10.3 Å². The van der Waals surface area contributed by atoms with Gasteiger partial charge in [-0.2, -0.15) is 0 Å². The second-order valence-electron chi connectivity index (χ2n) is 6.02. The van der Waals surface area contributed by atoms with Gasteiger partial charge >= 0.3 is 0 Å². The molecule has 2 heterocycles. The van der Waals surface area contributed by atoms with Crippen LogP contribution in [0.3, 0.4) is 0 Å². The van der Waals surface area contributed by atoms with Crippen LogP contribution in [-0.2, 0) is 6.54 Å². The monoisotopic (exact) mass is 261 g/mol. The number of rotatable bonds is 6. The van der Waals surface area contributed by atoms with Gasteiger partial charge in [0.25, 0.3) is 0 Å². The number of aromatic nitrogens is 1. The van der Waals surface area contributed by atoms with Crippen molar-refractivity contribution in [2.24, 2.45) is 11.8 Å². The highest BCUT2D eigenvalue weighted by molar-refractivity contribution is 5.47. The molecule has 1 aromatic rings. The second-order valence-corrected chi connectivity index (χ2v) is 6.02. The quantitative estimate of drug-likeness (QED) is 0.853. The molecule has 1 fully saturated rings. The van der Waals surface area contributed by atoms with Crippen LogP contribution >= 0.6 is 0 Å². The predicted octanol–water partition coefficient (Wildman–Crippen LogP) is 3.06. The first kappa shape index (κ1) is 14.3. The number of hydrogen-bond acceptors (Lipinski definition) is 3. The van der Waals surface area contributed by atoms with E-state index >= 15 is 0 Å². The van der Waals surface area contributed by atoms with Gasteiger partial charge in [-0.05, 0) is 30.9 Å². The van der Waals surface area contributed by atoms with E-state index in [9.17, 15) is 0 Å². The van der Waals surface area contributed by atoms with Crippen LogP contribution in [-0.4, -0.2) is 24.6 Å². The van der Waals surface area contributed by atoms with E-state index in [1.807, 2.05) is 12.3 Å². The highest BCUT2D eigenvalue weighted by Crippen LogP contribution is 2.26. The SMILES string of the molecule is CCC1CCN(c2ncccc2CNCC(C)C)C1. The van der Waals surface area contributed by atoms with Crippen molar-refractivity contribution in [2.45, 2.75) is 40.2 Å². The van der Waals surface area contributed by atoms with E-state index in [0.29, 0.717) is 5.92 Å². The zero-order valence-electron chi connectivity index (χ0n) is 12.5. The molecular formula is C16H27N3. The summed E-state index contributed by atoms with van der Waals surface area (Å²) in [5.41, 5.74) is 1.33. The summed E-state index contributed by atoms with van der Waals surface area (Å²) in [5.74, 6) is 2.73. The fraction of sp³-hybridized carbons (Fsp3) is 0.688. The van der Waals surface area contributed by atoms with Gasteiger partial charge in [0.05, 0.1) is 0 Å². The minimum atomic E-state index is 0.691. The molecule has 19 heavy (non-hydrogen) atoms. The van der Waals surface area contributed by atoms with Gasteiger partial charge in [0.15, 0.2) is 0 Å². The van der Waals surface area contributed by atoms with Gasteiger partial charge in [0.1, 0.15) is 5.82 Å². The van der Waals surface area contributed by atoms with E-state index in [1.54, 1.807) is 0 Å². The van der Waals surface area contributed by atoms with Crippen molar-refractivity contribution in [2.75, 3.05) is 24.5 Å². The Bertz CT molecular complexity index is 389. The Hall–Kier alpha value is -1.09. The fourth-order valence-electron chi connectivity index (χ4n) is 2.71. The maximum absolute atomic E-state index is 4.61. The van der Waals surface area contributed by atoms with Crippen molar-refractivity contribution in [3.05, 3.63) is 23.9 Å². The second kappa shape index (κ2) is 6.90. The third-order valence-corrected chi connectivity index (χ3v) is 3.90. The Kier molecular flexibility index (Phi) is 5.20. The predicted molar refractivity (Wildman–Crippen MR) is 81.4 cm³/mol. The Morgan fingerprint density at radius 1 is 1.47 bits per heavy atom. The van der Waals surface area contributed by atoms with Crippen LogP contribution in [0.2, 0.25) is 0 Å². The lowest BCUT2D eigenvalue weighted by molar-refractivity contribution is 0.551. The molecule has 1 saturated heterocycles. The molecule has 106 valence electrons. The maximum Gasteiger partial charge on any atom is 0.133 e. The minimum absolute atomic E-state index is 0.691. The summed E-state index contributed by atoms with van der Waals surface area (Å²) < 4.78 is 0. The Morgan fingerprint density at radius 2 is 2.32 bits per heavy atom. The molecule has 1 aromatic heterocycles. The highest BCUT2D eigenvalue weighted by Gasteiger charge is 2.23. The van der Waals surface area contributed by atoms with Crippen molar-refractivity contribution >= 4 is 5.82 Å². The summed E-state index contributed by atoms with van der Waals surface area (Å²) in [4.78, 5) is 7.07. The molecular weight excluding hydrogens is 234 g/mol. The Balaban J connectivity index is 2.00. The van der Waals surface area contributed by atoms with Crippen molar-refractivity contribution in [1.29, 1.82) is 0 Å².